The standard InChI is InChI=1S/C23H27F2N5O2/c1-15-9-16(5-6-17(15)11-29(21(31)32)22(2,3)4)20-19-10-18(12-30(19)27-14-26-20)28-8-7-23(24,25)13-28/h5-6,9-10,12,14H,7-8,11,13H2,1-4H3,(H,31,32). The first-order valence-corrected chi connectivity index (χ1v) is 10.5. The van der Waals surface area contributed by atoms with Crippen molar-refractivity contribution in [3.8, 4) is 11.3 Å². The predicted octanol–water partition coefficient (Wildman–Crippen LogP) is 4.83. The zero-order valence-electron chi connectivity index (χ0n) is 18.6. The molecular weight excluding hydrogens is 416 g/mol. The fourth-order valence-electron chi connectivity index (χ4n) is 4.05. The Kier molecular flexibility index (Phi) is 5.30. The van der Waals surface area contributed by atoms with E-state index in [9.17, 15) is 18.7 Å². The number of alkyl halides is 2. The van der Waals surface area contributed by atoms with E-state index in [1.807, 2.05) is 52.0 Å². The Balaban J connectivity index is 1.66. The number of rotatable bonds is 4. The second-order valence-electron chi connectivity index (χ2n) is 9.35. The maximum absolute atomic E-state index is 13.7. The van der Waals surface area contributed by atoms with E-state index in [1.54, 1.807) is 15.6 Å². The third kappa shape index (κ3) is 4.24. The molecule has 0 unspecified atom stereocenters. The molecule has 1 aliphatic rings. The van der Waals surface area contributed by atoms with Crippen LogP contribution in [0.15, 0.2) is 36.8 Å². The van der Waals surface area contributed by atoms with Gasteiger partial charge in [-0.3, -0.25) is 4.90 Å². The van der Waals surface area contributed by atoms with Gasteiger partial charge in [0.25, 0.3) is 5.92 Å². The molecule has 0 spiro atoms. The highest BCUT2D eigenvalue weighted by Crippen LogP contribution is 2.34. The lowest BCUT2D eigenvalue weighted by Crippen LogP contribution is -2.44. The Hall–Kier alpha value is -3.23. The van der Waals surface area contributed by atoms with Gasteiger partial charge in [0.2, 0.25) is 0 Å². The highest BCUT2D eigenvalue weighted by molar-refractivity contribution is 5.80. The van der Waals surface area contributed by atoms with Crippen LogP contribution in [0.2, 0.25) is 0 Å². The van der Waals surface area contributed by atoms with Gasteiger partial charge in [0, 0.05) is 30.6 Å². The van der Waals surface area contributed by atoms with E-state index in [-0.39, 0.29) is 19.5 Å². The van der Waals surface area contributed by atoms with Crippen LogP contribution in [0, 0.1) is 6.92 Å². The predicted molar refractivity (Wildman–Crippen MR) is 118 cm³/mol. The van der Waals surface area contributed by atoms with E-state index in [4.69, 9.17) is 0 Å². The monoisotopic (exact) mass is 443 g/mol. The van der Waals surface area contributed by atoms with Gasteiger partial charge in [0.1, 0.15) is 6.33 Å². The van der Waals surface area contributed by atoms with Crippen LogP contribution in [0.25, 0.3) is 16.8 Å². The summed E-state index contributed by atoms with van der Waals surface area (Å²) in [6.07, 6.45) is 2.07. The molecule has 1 fully saturated rings. The third-order valence-corrected chi connectivity index (χ3v) is 5.91. The number of aryl methyl sites for hydroxylation is 1. The molecule has 4 rings (SSSR count). The molecule has 9 heteroatoms. The van der Waals surface area contributed by atoms with Gasteiger partial charge in [0.15, 0.2) is 0 Å². The molecule has 1 amide bonds. The maximum atomic E-state index is 13.7. The molecule has 32 heavy (non-hydrogen) atoms. The van der Waals surface area contributed by atoms with Crippen molar-refractivity contribution < 1.29 is 18.7 Å². The first kappa shape index (κ1) is 22.0. The van der Waals surface area contributed by atoms with Gasteiger partial charge < -0.3 is 10.0 Å². The SMILES string of the molecule is Cc1cc(-c2ncnn3cc(N4CCC(F)(F)C4)cc23)ccc1CN(C(=O)O)C(C)(C)C. The van der Waals surface area contributed by atoms with E-state index in [0.717, 1.165) is 22.2 Å². The molecule has 1 N–H and O–H groups in total. The fraction of sp³-hybridized carbons (Fsp3) is 0.435. The second-order valence-corrected chi connectivity index (χ2v) is 9.35. The summed E-state index contributed by atoms with van der Waals surface area (Å²) < 4.78 is 29.0. The minimum Gasteiger partial charge on any atom is -0.465 e. The molecule has 1 saturated heterocycles. The number of carboxylic acid groups (broad SMARTS) is 1. The lowest BCUT2D eigenvalue weighted by atomic mass is 10.00. The molecule has 0 bridgehead atoms. The smallest absolute Gasteiger partial charge is 0.408 e. The second kappa shape index (κ2) is 7.72. The van der Waals surface area contributed by atoms with Crippen molar-refractivity contribution in [2.75, 3.05) is 18.0 Å². The van der Waals surface area contributed by atoms with Gasteiger partial charge in [-0.15, -0.1) is 0 Å². The van der Waals surface area contributed by atoms with Crippen molar-refractivity contribution in [3.63, 3.8) is 0 Å². The molecule has 3 aromatic rings. The number of fused-ring (bicyclic) bond motifs is 1. The maximum Gasteiger partial charge on any atom is 0.408 e. The molecule has 1 aliphatic heterocycles. The topological polar surface area (TPSA) is 74.0 Å². The van der Waals surface area contributed by atoms with Gasteiger partial charge in [-0.2, -0.15) is 5.10 Å². The Morgan fingerprint density at radius 1 is 1.28 bits per heavy atom. The molecule has 1 aromatic carbocycles. The average Bonchev–Trinajstić information content (AvgIpc) is 3.28. The van der Waals surface area contributed by atoms with Gasteiger partial charge in [-0.05, 0) is 51.0 Å². The molecule has 2 aromatic heterocycles. The first-order chi connectivity index (χ1) is 14.9. The van der Waals surface area contributed by atoms with Crippen molar-refractivity contribution in [1.82, 2.24) is 19.5 Å². The summed E-state index contributed by atoms with van der Waals surface area (Å²) in [5, 5.41) is 13.8. The van der Waals surface area contributed by atoms with Gasteiger partial charge in [-0.25, -0.2) is 23.1 Å². The van der Waals surface area contributed by atoms with Crippen LogP contribution in [-0.2, 0) is 6.54 Å². The summed E-state index contributed by atoms with van der Waals surface area (Å²) in [6, 6.07) is 7.63. The lowest BCUT2D eigenvalue weighted by molar-refractivity contribution is 0.0257. The number of halogens is 2. The molecular formula is C23H27F2N5O2. The molecule has 0 saturated carbocycles. The summed E-state index contributed by atoms with van der Waals surface area (Å²) in [7, 11) is 0. The van der Waals surface area contributed by atoms with Crippen molar-refractivity contribution in [2.24, 2.45) is 0 Å². The fourth-order valence-corrected chi connectivity index (χ4v) is 4.05. The number of aromatic nitrogens is 3. The van der Waals surface area contributed by atoms with Crippen molar-refractivity contribution >= 4 is 17.3 Å². The van der Waals surface area contributed by atoms with E-state index in [1.165, 1.54) is 11.2 Å². The first-order valence-electron chi connectivity index (χ1n) is 10.5. The summed E-state index contributed by atoms with van der Waals surface area (Å²) >= 11 is 0. The van der Waals surface area contributed by atoms with Gasteiger partial charge in [0.05, 0.1) is 29.6 Å². The van der Waals surface area contributed by atoms with Crippen molar-refractivity contribution in [2.45, 2.75) is 52.1 Å². The number of hydrogen-bond acceptors (Lipinski definition) is 4. The molecule has 0 radical (unpaired) electrons. The number of nitrogens with zero attached hydrogens (tertiary/aromatic N) is 5. The van der Waals surface area contributed by atoms with Gasteiger partial charge in [-0.1, -0.05) is 12.1 Å². The molecule has 0 aliphatic carbocycles. The van der Waals surface area contributed by atoms with E-state index in [2.05, 4.69) is 10.1 Å². The number of hydrogen-bond donors (Lipinski definition) is 1. The highest BCUT2D eigenvalue weighted by Gasteiger charge is 2.38. The van der Waals surface area contributed by atoms with Crippen molar-refractivity contribution in [1.29, 1.82) is 0 Å². The normalized spacial score (nSPS) is 16.0. The zero-order valence-corrected chi connectivity index (χ0v) is 18.6. The number of anilines is 1. The van der Waals surface area contributed by atoms with Crippen LogP contribution in [0.1, 0.15) is 38.3 Å². The minimum atomic E-state index is -2.67. The van der Waals surface area contributed by atoms with Crippen molar-refractivity contribution in [3.05, 3.63) is 47.9 Å². The molecule has 170 valence electrons. The number of amides is 1. The summed E-state index contributed by atoms with van der Waals surface area (Å²) in [4.78, 5) is 19.2. The molecule has 0 atom stereocenters. The summed E-state index contributed by atoms with van der Waals surface area (Å²) in [5.41, 5.74) is 4.30. The average molecular weight is 443 g/mol. The highest BCUT2D eigenvalue weighted by atomic mass is 19.3. The van der Waals surface area contributed by atoms with Crippen LogP contribution in [0.3, 0.4) is 0 Å². The zero-order chi connectivity index (χ0) is 23.3. The van der Waals surface area contributed by atoms with E-state index in [0.29, 0.717) is 17.9 Å². The summed E-state index contributed by atoms with van der Waals surface area (Å²) in [6.45, 7) is 7.82. The number of benzene rings is 1. The Morgan fingerprint density at radius 3 is 2.62 bits per heavy atom. The molecule has 7 nitrogen and oxygen atoms in total. The van der Waals surface area contributed by atoms with E-state index >= 15 is 0 Å². The minimum absolute atomic E-state index is 0.152. The Morgan fingerprint density at radius 2 is 2.03 bits per heavy atom. The van der Waals surface area contributed by atoms with Crippen LogP contribution in [0.4, 0.5) is 19.3 Å². The van der Waals surface area contributed by atoms with Crippen LogP contribution < -0.4 is 4.90 Å². The van der Waals surface area contributed by atoms with Crippen LogP contribution in [-0.4, -0.2) is 55.2 Å². The largest absolute Gasteiger partial charge is 0.465 e. The third-order valence-electron chi connectivity index (χ3n) is 5.91. The molecule has 3 heterocycles. The van der Waals surface area contributed by atoms with Gasteiger partial charge >= 0.3 is 6.09 Å². The number of carbonyl (C=O) groups is 1. The Labute approximate surface area is 185 Å². The van der Waals surface area contributed by atoms with Crippen LogP contribution >= 0.6 is 0 Å². The Bertz CT molecular complexity index is 1170. The lowest BCUT2D eigenvalue weighted by Gasteiger charge is -2.33. The quantitative estimate of drug-likeness (QED) is 0.625. The van der Waals surface area contributed by atoms with E-state index < -0.39 is 17.6 Å². The van der Waals surface area contributed by atoms with Crippen LogP contribution in [0.5, 0.6) is 0 Å². The summed E-state index contributed by atoms with van der Waals surface area (Å²) in [5.74, 6) is -2.67.